The number of hydrogen-bond acceptors (Lipinski definition) is 5. The summed E-state index contributed by atoms with van der Waals surface area (Å²) < 4.78 is 22.9. The topological polar surface area (TPSA) is 118 Å². The zero-order chi connectivity index (χ0) is 19.0. The van der Waals surface area contributed by atoms with Gasteiger partial charge in [0.25, 0.3) is 0 Å². The zero-order valence-corrected chi connectivity index (χ0v) is 15.1. The van der Waals surface area contributed by atoms with Gasteiger partial charge in [0.15, 0.2) is 5.78 Å². The molecule has 0 radical (unpaired) electrons. The highest BCUT2D eigenvalue weighted by molar-refractivity contribution is 7.91. The van der Waals surface area contributed by atoms with Crippen LogP contribution in [0.1, 0.15) is 42.1 Å². The molecule has 0 aliphatic heterocycles. The smallest absolute Gasteiger partial charge is 0.326 e. The van der Waals surface area contributed by atoms with Gasteiger partial charge in [-0.15, -0.1) is 0 Å². The number of hydrogen-bond donors (Lipinski definition) is 2. The van der Waals surface area contributed by atoms with E-state index in [1.54, 1.807) is 24.3 Å². The first-order valence-electron chi connectivity index (χ1n) is 7.97. The number of nitrogens with one attached hydrogen (secondary N) is 1. The second-order valence-corrected chi connectivity index (χ2v) is 8.25. The maximum Gasteiger partial charge on any atom is 0.326 e. The van der Waals surface area contributed by atoms with E-state index in [2.05, 4.69) is 5.32 Å². The van der Waals surface area contributed by atoms with E-state index in [-0.39, 0.29) is 36.6 Å². The van der Waals surface area contributed by atoms with Crippen LogP contribution < -0.4 is 5.32 Å². The third-order valence-electron chi connectivity index (χ3n) is 3.74. The predicted molar refractivity (Wildman–Crippen MR) is 93.3 cm³/mol. The van der Waals surface area contributed by atoms with Gasteiger partial charge in [-0.2, -0.15) is 0 Å². The monoisotopic (exact) mass is 369 g/mol. The van der Waals surface area contributed by atoms with Crippen LogP contribution in [-0.4, -0.2) is 48.7 Å². The lowest BCUT2D eigenvalue weighted by Gasteiger charge is -2.14. The Bertz CT molecular complexity index is 724. The van der Waals surface area contributed by atoms with Gasteiger partial charge in [0.1, 0.15) is 15.9 Å². The molecule has 0 bridgehead atoms. The largest absolute Gasteiger partial charge is 0.480 e. The van der Waals surface area contributed by atoms with E-state index in [1.807, 2.05) is 6.92 Å². The van der Waals surface area contributed by atoms with Crippen LogP contribution in [0.3, 0.4) is 0 Å². The average molecular weight is 369 g/mol. The Labute approximate surface area is 147 Å². The summed E-state index contributed by atoms with van der Waals surface area (Å²) in [5.41, 5.74) is 1.50. The summed E-state index contributed by atoms with van der Waals surface area (Å²) in [6.07, 6.45) is -0.408. The number of carbonyl (C=O) groups excluding carboxylic acids is 2. The summed E-state index contributed by atoms with van der Waals surface area (Å²) in [6.45, 7) is 3.37. The highest BCUT2D eigenvalue weighted by Crippen LogP contribution is 2.08. The second kappa shape index (κ2) is 9.31. The van der Waals surface area contributed by atoms with Crippen LogP contribution in [0.2, 0.25) is 0 Å². The molecule has 1 atom stereocenters. The van der Waals surface area contributed by atoms with E-state index in [0.717, 1.165) is 5.56 Å². The number of aliphatic carboxylic acids is 1. The summed E-state index contributed by atoms with van der Waals surface area (Å²) in [5.74, 6) is -2.51. The first-order valence-corrected chi connectivity index (χ1v) is 9.79. The third kappa shape index (κ3) is 7.47. The number of aryl methyl sites for hydroxylation is 1. The molecule has 1 aromatic carbocycles. The lowest BCUT2D eigenvalue weighted by Crippen LogP contribution is -2.42. The maximum absolute atomic E-state index is 12.0. The zero-order valence-electron chi connectivity index (χ0n) is 14.3. The number of carboxylic acid groups (broad SMARTS) is 1. The van der Waals surface area contributed by atoms with Crippen molar-refractivity contribution in [1.82, 2.24) is 5.32 Å². The third-order valence-corrected chi connectivity index (χ3v) is 5.48. The Balaban J connectivity index is 2.53. The molecule has 0 aromatic heterocycles. The van der Waals surface area contributed by atoms with Gasteiger partial charge in [-0.3, -0.25) is 9.59 Å². The minimum absolute atomic E-state index is 0.0471. The van der Waals surface area contributed by atoms with Crippen molar-refractivity contribution >= 4 is 27.5 Å². The van der Waals surface area contributed by atoms with Crippen LogP contribution >= 0.6 is 0 Å². The standard InChI is InChI=1S/C17H23NO6S/c1-3-25(23,24)11-10-14(17(21)22)18-16(20)9-8-15(19)13-6-4-12(2)5-7-13/h4-7,14H,3,8-11H2,1-2H3,(H,18,20)(H,21,22). The fourth-order valence-corrected chi connectivity index (χ4v) is 2.96. The van der Waals surface area contributed by atoms with E-state index in [9.17, 15) is 22.8 Å². The summed E-state index contributed by atoms with van der Waals surface area (Å²) in [6, 6.07) is 5.64. The van der Waals surface area contributed by atoms with Crippen LogP contribution in [0.15, 0.2) is 24.3 Å². The molecule has 7 nitrogen and oxygen atoms in total. The van der Waals surface area contributed by atoms with Crippen molar-refractivity contribution in [3.05, 3.63) is 35.4 Å². The van der Waals surface area contributed by atoms with Gasteiger partial charge in [0.2, 0.25) is 5.91 Å². The molecule has 138 valence electrons. The number of Topliss-reactive ketones (excluding diaryl/α,β-unsaturated/α-hetero) is 1. The minimum atomic E-state index is -3.32. The normalized spacial score (nSPS) is 12.4. The molecule has 2 N–H and O–H groups in total. The highest BCUT2D eigenvalue weighted by Gasteiger charge is 2.22. The van der Waals surface area contributed by atoms with Gasteiger partial charge in [-0.25, -0.2) is 13.2 Å². The molecule has 1 amide bonds. The molecule has 0 saturated carbocycles. The maximum atomic E-state index is 12.0. The van der Waals surface area contributed by atoms with Gasteiger partial charge in [-0.1, -0.05) is 36.8 Å². The number of amides is 1. The van der Waals surface area contributed by atoms with E-state index in [4.69, 9.17) is 5.11 Å². The molecule has 0 saturated heterocycles. The molecule has 0 aliphatic carbocycles. The number of carbonyl (C=O) groups is 3. The van der Waals surface area contributed by atoms with Crippen LogP contribution in [0.25, 0.3) is 0 Å². The number of sulfone groups is 1. The molecule has 0 fully saturated rings. The molecule has 1 rings (SSSR count). The van der Waals surface area contributed by atoms with Gasteiger partial charge < -0.3 is 10.4 Å². The number of ketones is 1. The van der Waals surface area contributed by atoms with Crippen LogP contribution in [0, 0.1) is 6.92 Å². The van der Waals surface area contributed by atoms with E-state index >= 15 is 0 Å². The molecule has 8 heteroatoms. The average Bonchev–Trinajstić information content (AvgIpc) is 2.56. The highest BCUT2D eigenvalue weighted by atomic mass is 32.2. The first-order chi connectivity index (χ1) is 11.6. The van der Waals surface area contributed by atoms with Crippen molar-refractivity contribution in [1.29, 1.82) is 0 Å². The van der Waals surface area contributed by atoms with Crippen molar-refractivity contribution in [2.45, 2.75) is 39.2 Å². The quantitative estimate of drug-likeness (QED) is 0.601. The van der Waals surface area contributed by atoms with Gasteiger partial charge in [0.05, 0.1) is 5.75 Å². The summed E-state index contributed by atoms with van der Waals surface area (Å²) >= 11 is 0. The van der Waals surface area contributed by atoms with Gasteiger partial charge in [0, 0.05) is 24.2 Å². The molecule has 0 aliphatic rings. The fourth-order valence-electron chi connectivity index (χ4n) is 2.08. The summed E-state index contributed by atoms with van der Waals surface area (Å²) in [5, 5.41) is 11.4. The van der Waals surface area contributed by atoms with E-state index in [1.165, 1.54) is 6.92 Å². The van der Waals surface area contributed by atoms with Crippen molar-refractivity contribution < 1.29 is 27.9 Å². The molecular weight excluding hydrogens is 346 g/mol. The molecular formula is C17H23NO6S. The molecule has 0 spiro atoms. The Kier molecular flexibility index (Phi) is 7.76. The van der Waals surface area contributed by atoms with Crippen molar-refractivity contribution in [3.63, 3.8) is 0 Å². The minimum Gasteiger partial charge on any atom is -0.480 e. The van der Waals surface area contributed by atoms with Crippen LogP contribution in [0.4, 0.5) is 0 Å². The molecule has 0 heterocycles. The van der Waals surface area contributed by atoms with Crippen molar-refractivity contribution in [2.24, 2.45) is 0 Å². The van der Waals surface area contributed by atoms with E-state index in [0.29, 0.717) is 5.56 Å². The SMILES string of the molecule is CCS(=O)(=O)CCC(NC(=O)CCC(=O)c1ccc(C)cc1)C(=O)O. The predicted octanol–water partition coefficient (Wildman–Crippen LogP) is 1.35. The Hall–Kier alpha value is -2.22. The molecule has 1 unspecified atom stereocenters. The van der Waals surface area contributed by atoms with Crippen molar-refractivity contribution in [2.75, 3.05) is 11.5 Å². The van der Waals surface area contributed by atoms with E-state index < -0.39 is 27.8 Å². The summed E-state index contributed by atoms with van der Waals surface area (Å²) in [4.78, 5) is 35.0. The fraction of sp³-hybridized carbons (Fsp3) is 0.471. The second-order valence-electron chi connectivity index (χ2n) is 5.77. The number of carboxylic acids is 1. The van der Waals surface area contributed by atoms with Gasteiger partial charge in [-0.05, 0) is 13.3 Å². The summed E-state index contributed by atoms with van der Waals surface area (Å²) in [7, 11) is -3.32. The van der Waals surface area contributed by atoms with Crippen molar-refractivity contribution in [3.8, 4) is 0 Å². The molecule has 25 heavy (non-hydrogen) atoms. The van der Waals surface area contributed by atoms with Crippen LogP contribution in [0.5, 0.6) is 0 Å². The number of rotatable bonds is 10. The Morgan fingerprint density at radius 1 is 1.12 bits per heavy atom. The Morgan fingerprint density at radius 3 is 2.24 bits per heavy atom. The molecule has 1 aromatic rings. The van der Waals surface area contributed by atoms with Gasteiger partial charge >= 0.3 is 5.97 Å². The lowest BCUT2D eigenvalue weighted by atomic mass is 10.0. The van der Waals surface area contributed by atoms with Crippen LogP contribution in [-0.2, 0) is 19.4 Å². The number of benzene rings is 1. The lowest BCUT2D eigenvalue weighted by molar-refractivity contribution is -0.141. The Morgan fingerprint density at radius 2 is 1.72 bits per heavy atom. The first kappa shape index (κ1) is 20.8.